The molecule has 1 aliphatic heterocycles. The van der Waals surface area contributed by atoms with Crippen molar-refractivity contribution in [3.05, 3.63) is 29.3 Å². The number of hydrogen-bond acceptors (Lipinski definition) is 2. The van der Waals surface area contributed by atoms with Crippen LogP contribution >= 0.6 is 0 Å². The molecular formula is C15H18N2O3. The van der Waals surface area contributed by atoms with Crippen LogP contribution in [0.25, 0.3) is 0 Å². The lowest BCUT2D eigenvalue weighted by molar-refractivity contribution is 0.0695. The number of carbonyl (C=O) groups is 2. The molecule has 0 spiro atoms. The molecular weight excluding hydrogens is 256 g/mol. The van der Waals surface area contributed by atoms with Gasteiger partial charge in [-0.15, -0.1) is 0 Å². The van der Waals surface area contributed by atoms with Gasteiger partial charge in [0.1, 0.15) is 0 Å². The Labute approximate surface area is 117 Å². The van der Waals surface area contributed by atoms with Gasteiger partial charge in [0.25, 0.3) is 0 Å². The van der Waals surface area contributed by atoms with E-state index in [0.717, 1.165) is 30.5 Å². The third kappa shape index (κ3) is 2.24. The van der Waals surface area contributed by atoms with E-state index in [2.05, 4.69) is 5.32 Å². The van der Waals surface area contributed by atoms with Crippen LogP contribution < -0.4 is 10.2 Å². The highest BCUT2D eigenvalue weighted by atomic mass is 16.4. The van der Waals surface area contributed by atoms with Crippen LogP contribution in [0, 0.1) is 0 Å². The predicted molar refractivity (Wildman–Crippen MR) is 75.2 cm³/mol. The molecule has 2 amide bonds. The van der Waals surface area contributed by atoms with Gasteiger partial charge >= 0.3 is 12.0 Å². The number of carboxylic acid groups (broad SMARTS) is 1. The Morgan fingerprint density at radius 2 is 2.05 bits per heavy atom. The Kier molecular flexibility index (Phi) is 3.34. The smallest absolute Gasteiger partial charge is 0.336 e. The zero-order valence-corrected chi connectivity index (χ0v) is 11.3. The minimum atomic E-state index is -0.928. The summed E-state index contributed by atoms with van der Waals surface area (Å²) in [6, 6.07) is 5.33. The Balaban J connectivity index is 1.87. The van der Waals surface area contributed by atoms with Crippen molar-refractivity contribution in [1.29, 1.82) is 0 Å². The molecule has 1 aromatic carbocycles. The van der Waals surface area contributed by atoms with E-state index in [-0.39, 0.29) is 12.1 Å². The van der Waals surface area contributed by atoms with E-state index in [4.69, 9.17) is 0 Å². The van der Waals surface area contributed by atoms with Crippen LogP contribution in [0.15, 0.2) is 18.2 Å². The number of fused-ring (bicyclic) bond motifs is 1. The number of nitrogens with zero attached hydrogens (tertiary/aromatic N) is 1. The molecule has 1 aromatic rings. The minimum absolute atomic E-state index is 0.0989. The summed E-state index contributed by atoms with van der Waals surface area (Å²) >= 11 is 0. The number of amides is 2. The van der Waals surface area contributed by atoms with Crippen molar-refractivity contribution in [2.45, 2.75) is 38.1 Å². The summed E-state index contributed by atoms with van der Waals surface area (Å²) in [7, 11) is 0. The van der Waals surface area contributed by atoms with Gasteiger partial charge in [-0.2, -0.15) is 0 Å². The van der Waals surface area contributed by atoms with E-state index in [0.29, 0.717) is 18.5 Å². The van der Waals surface area contributed by atoms with Crippen molar-refractivity contribution in [1.82, 2.24) is 5.32 Å². The van der Waals surface area contributed by atoms with Gasteiger partial charge in [-0.25, -0.2) is 9.59 Å². The minimum Gasteiger partial charge on any atom is -0.478 e. The lowest BCUT2D eigenvalue weighted by Gasteiger charge is -2.34. The molecule has 1 heterocycles. The fraction of sp³-hybridized carbons (Fsp3) is 0.467. The van der Waals surface area contributed by atoms with Crippen LogP contribution in [0.5, 0.6) is 0 Å². The monoisotopic (exact) mass is 274 g/mol. The predicted octanol–water partition coefficient (Wildman–Crippen LogP) is 2.40. The molecule has 2 aliphatic rings. The molecule has 20 heavy (non-hydrogen) atoms. The van der Waals surface area contributed by atoms with Gasteiger partial charge in [0.05, 0.1) is 5.56 Å². The summed E-state index contributed by atoms with van der Waals surface area (Å²) in [5, 5.41) is 12.3. The van der Waals surface area contributed by atoms with Crippen LogP contribution in [0.3, 0.4) is 0 Å². The van der Waals surface area contributed by atoms with Gasteiger partial charge in [-0.05, 0) is 49.8 Å². The molecule has 3 rings (SSSR count). The second-order valence-corrected chi connectivity index (χ2v) is 5.44. The molecule has 0 atom stereocenters. The normalized spacial score (nSPS) is 18.1. The van der Waals surface area contributed by atoms with Gasteiger partial charge in [-0.1, -0.05) is 6.07 Å². The van der Waals surface area contributed by atoms with E-state index in [1.54, 1.807) is 17.0 Å². The zero-order chi connectivity index (χ0) is 14.1. The molecule has 0 unspecified atom stereocenters. The summed E-state index contributed by atoms with van der Waals surface area (Å²) in [5.74, 6) is -0.928. The third-order valence-electron chi connectivity index (χ3n) is 4.16. The van der Waals surface area contributed by atoms with Crippen LogP contribution in [-0.4, -0.2) is 29.7 Å². The van der Waals surface area contributed by atoms with Crippen molar-refractivity contribution >= 4 is 17.7 Å². The van der Waals surface area contributed by atoms with Crippen molar-refractivity contribution in [2.24, 2.45) is 0 Å². The first-order valence-corrected chi connectivity index (χ1v) is 7.10. The molecule has 0 bridgehead atoms. The maximum Gasteiger partial charge on any atom is 0.336 e. The second-order valence-electron chi connectivity index (χ2n) is 5.44. The average Bonchev–Trinajstić information content (AvgIpc) is 2.41. The van der Waals surface area contributed by atoms with Gasteiger partial charge < -0.3 is 10.4 Å². The number of rotatable bonds is 2. The summed E-state index contributed by atoms with van der Waals surface area (Å²) in [5.41, 5.74) is 1.83. The number of aromatic carboxylic acids is 1. The molecule has 1 fully saturated rings. The average molecular weight is 274 g/mol. The molecule has 5 heteroatoms. The highest BCUT2D eigenvalue weighted by Gasteiger charge is 2.28. The molecule has 5 nitrogen and oxygen atoms in total. The largest absolute Gasteiger partial charge is 0.478 e. The Morgan fingerprint density at radius 1 is 1.25 bits per heavy atom. The van der Waals surface area contributed by atoms with Gasteiger partial charge in [-0.3, -0.25) is 4.90 Å². The first-order valence-electron chi connectivity index (χ1n) is 7.10. The number of hydrogen-bond donors (Lipinski definition) is 2. The van der Waals surface area contributed by atoms with E-state index < -0.39 is 5.97 Å². The number of urea groups is 1. The summed E-state index contributed by atoms with van der Waals surface area (Å²) in [4.78, 5) is 25.3. The quantitative estimate of drug-likeness (QED) is 0.870. The molecule has 2 N–H and O–H groups in total. The molecule has 0 radical (unpaired) electrons. The van der Waals surface area contributed by atoms with Crippen LogP contribution in [0.2, 0.25) is 0 Å². The van der Waals surface area contributed by atoms with E-state index in [9.17, 15) is 14.7 Å². The Hall–Kier alpha value is -2.04. The number of benzene rings is 1. The topological polar surface area (TPSA) is 69.6 Å². The Bertz CT molecular complexity index is 552. The lowest BCUT2D eigenvalue weighted by Crippen LogP contribution is -2.49. The SMILES string of the molecule is O=C(O)c1cccc2c1CCCN2C(=O)NC1CCC1. The van der Waals surface area contributed by atoms with Crippen LogP contribution in [0.1, 0.15) is 41.6 Å². The number of carbonyl (C=O) groups excluding carboxylic acids is 1. The molecule has 0 aromatic heterocycles. The first-order chi connectivity index (χ1) is 9.66. The van der Waals surface area contributed by atoms with Crippen molar-refractivity contribution in [3.8, 4) is 0 Å². The van der Waals surface area contributed by atoms with Crippen molar-refractivity contribution in [3.63, 3.8) is 0 Å². The zero-order valence-electron chi connectivity index (χ0n) is 11.3. The maximum atomic E-state index is 12.3. The summed E-state index contributed by atoms with van der Waals surface area (Å²) in [6.45, 7) is 0.647. The van der Waals surface area contributed by atoms with Crippen molar-refractivity contribution in [2.75, 3.05) is 11.4 Å². The standard InChI is InChI=1S/C15H18N2O3/c18-14(19)12-6-2-8-13-11(12)7-3-9-17(13)15(20)16-10-4-1-5-10/h2,6,8,10H,1,3-5,7,9H2,(H,16,20)(H,18,19). The van der Waals surface area contributed by atoms with E-state index in [1.807, 2.05) is 6.07 Å². The summed E-state index contributed by atoms with van der Waals surface area (Å²) < 4.78 is 0. The second kappa shape index (κ2) is 5.15. The van der Waals surface area contributed by atoms with Crippen LogP contribution in [0.4, 0.5) is 10.5 Å². The first kappa shape index (κ1) is 13.0. The maximum absolute atomic E-state index is 12.3. The highest BCUT2D eigenvalue weighted by molar-refractivity contribution is 5.97. The van der Waals surface area contributed by atoms with Crippen LogP contribution in [-0.2, 0) is 6.42 Å². The number of anilines is 1. The molecule has 1 aliphatic carbocycles. The highest BCUT2D eigenvalue weighted by Crippen LogP contribution is 2.30. The number of nitrogens with one attached hydrogen (secondary N) is 1. The fourth-order valence-electron chi connectivity index (χ4n) is 2.84. The van der Waals surface area contributed by atoms with Gasteiger partial charge in [0.2, 0.25) is 0 Å². The third-order valence-corrected chi connectivity index (χ3v) is 4.16. The van der Waals surface area contributed by atoms with E-state index in [1.165, 1.54) is 6.42 Å². The van der Waals surface area contributed by atoms with Gasteiger partial charge in [0, 0.05) is 18.3 Å². The van der Waals surface area contributed by atoms with E-state index >= 15 is 0 Å². The van der Waals surface area contributed by atoms with Crippen molar-refractivity contribution < 1.29 is 14.7 Å². The molecule has 1 saturated carbocycles. The molecule has 106 valence electrons. The lowest BCUT2D eigenvalue weighted by atomic mass is 9.93. The summed E-state index contributed by atoms with van der Waals surface area (Å²) in [6.07, 6.45) is 4.77. The number of carboxylic acids is 1. The molecule has 0 saturated heterocycles. The van der Waals surface area contributed by atoms with Gasteiger partial charge in [0.15, 0.2) is 0 Å². The fourth-order valence-corrected chi connectivity index (χ4v) is 2.84. The Morgan fingerprint density at radius 3 is 2.70 bits per heavy atom.